The molecule has 1 rings (SSSR count). The molecule has 0 spiro atoms. The van der Waals surface area contributed by atoms with Gasteiger partial charge in [0, 0.05) is 33.3 Å². The second-order valence-corrected chi connectivity index (χ2v) is 3.10. The number of rotatable bonds is 3. The highest BCUT2D eigenvalue weighted by Crippen LogP contribution is 2.03. The zero-order chi connectivity index (χ0) is 11.4. The number of aryl methyl sites for hydroxylation is 1. The normalized spacial score (nSPS) is 10.1. The number of nitrogens with two attached hydrogens (primary N) is 1. The molecule has 0 aliphatic carbocycles. The van der Waals surface area contributed by atoms with Crippen LogP contribution in [0.4, 0.5) is 0 Å². The van der Waals surface area contributed by atoms with Gasteiger partial charge in [0.1, 0.15) is 5.69 Å². The summed E-state index contributed by atoms with van der Waals surface area (Å²) in [7, 11) is 1.65. The van der Waals surface area contributed by atoms with Gasteiger partial charge in [-0.2, -0.15) is 5.10 Å². The quantitative estimate of drug-likeness (QED) is 0.720. The van der Waals surface area contributed by atoms with E-state index in [2.05, 4.69) is 5.10 Å². The molecule has 82 valence electrons. The molecule has 2 amide bonds. The van der Waals surface area contributed by atoms with Crippen LogP contribution in [0.25, 0.3) is 0 Å². The Morgan fingerprint density at radius 3 is 2.67 bits per heavy atom. The van der Waals surface area contributed by atoms with E-state index in [0.29, 0.717) is 5.69 Å². The number of hydrogen-bond donors (Lipinski definition) is 1. The van der Waals surface area contributed by atoms with Crippen LogP contribution in [0.5, 0.6) is 0 Å². The van der Waals surface area contributed by atoms with Crippen molar-refractivity contribution < 1.29 is 9.59 Å². The summed E-state index contributed by atoms with van der Waals surface area (Å²) in [5.41, 5.74) is 5.70. The third kappa shape index (κ3) is 2.41. The highest BCUT2D eigenvalue weighted by atomic mass is 16.2. The maximum Gasteiger partial charge on any atom is 0.278 e. The van der Waals surface area contributed by atoms with Crippen molar-refractivity contribution in [3.8, 4) is 0 Å². The van der Waals surface area contributed by atoms with Crippen molar-refractivity contribution in [1.82, 2.24) is 14.7 Å². The minimum absolute atomic E-state index is 0.222. The third-order valence-electron chi connectivity index (χ3n) is 2.02. The first-order chi connectivity index (χ1) is 7.07. The van der Waals surface area contributed by atoms with Crippen LogP contribution in [0.2, 0.25) is 0 Å². The van der Waals surface area contributed by atoms with E-state index in [9.17, 15) is 9.59 Å². The Morgan fingerprint density at radius 2 is 2.27 bits per heavy atom. The largest absolute Gasteiger partial charge is 0.329 e. The molecule has 6 heteroatoms. The van der Waals surface area contributed by atoms with E-state index in [1.807, 2.05) is 0 Å². The fraction of sp³-hybridized carbons (Fsp3) is 0.444. The number of amides is 2. The van der Waals surface area contributed by atoms with Crippen molar-refractivity contribution in [2.24, 2.45) is 12.8 Å². The highest BCUT2D eigenvalue weighted by Gasteiger charge is 2.21. The zero-order valence-electron chi connectivity index (χ0n) is 8.80. The molecule has 0 unspecified atom stereocenters. The van der Waals surface area contributed by atoms with Crippen LogP contribution in [0, 0.1) is 0 Å². The molecule has 0 aromatic carbocycles. The van der Waals surface area contributed by atoms with E-state index < -0.39 is 0 Å². The SMILES string of the molecule is CC(=O)N(CCN)C(=O)c1ccnn1C. The third-order valence-corrected chi connectivity index (χ3v) is 2.02. The van der Waals surface area contributed by atoms with Crippen molar-refractivity contribution in [2.45, 2.75) is 6.92 Å². The predicted octanol–water partition coefficient (Wildman–Crippen LogP) is -0.633. The van der Waals surface area contributed by atoms with Crippen molar-refractivity contribution in [3.63, 3.8) is 0 Å². The van der Waals surface area contributed by atoms with Gasteiger partial charge in [-0.25, -0.2) is 0 Å². The van der Waals surface area contributed by atoms with Crippen LogP contribution in [-0.2, 0) is 11.8 Å². The molecule has 0 saturated heterocycles. The number of nitrogens with zero attached hydrogens (tertiary/aromatic N) is 3. The molecule has 6 nitrogen and oxygen atoms in total. The Kier molecular flexibility index (Phi) is 3.56. The summed E-state index contributed by atoms with van der Waals surface area (Å²) in [6, 6.07) is 1.56. The maximum absolute atomic E-state index is 11.8. The molecular weight excluding hydrogens is 196 g/mol. The molecule has 0 fully saturated rings. The smallest absolute Gasteiger partial charge is 0.278 e. The van der Waals surface area contributed by atoms with E-state index >= 15 is 0 Å². The lowest BCUT2D eigenvalue weighted by atomic mass is 10.3. The van der Waals surface area contributed by atoms with Gasteiger partial charge in [-0.05, 0) is 6.07 Å². The molecule has 2 N–H and O–H groups in total. The molecular formula is C9H14N4O2. The fourth-order valence-electron chi connectivity index (χ4n) is 1.25. The van der Waals surface area contributed by atoms with Crippen LogP contribution < -0.4 is 5.73 Å². The van der Waals surface area contributed by atoms with E-state index in [-0.39, 0.29) is 24.9 Å². The van der Waals surface area contributed by atoms with E-state index in [4.69, 9.17) is 5.73 Å². The average molecular weight is 210 g/mol. The van der Waals surface area contributed by atoms with Crippen LogP contribution in [0.3, 0.4) is 0 Å². The molecule has 0 atom stereocenters. The summed E-state index contributed by atoms with van der Waals surface area (Å²) >= 11 is 0. The summed E-state index contributed by atoms with van der Waals surface area (Å²) in [4.78, 5) is 24.2. The lowest BCUT2D eigenvalue weighted by molar-refractivity contribution is -0.126. The number of hydrogen-bond acceptors (Lipinski definition) is 4. The number of carbonyl (C=O) groups is 2. The van der Waals surface area contributed by atoms with Crippen LogP contribution >= 0.6 is 0 Å². The monoisotopic (exact) mass is 210 g/mol. The summed E-state index contributed by atoms with van der Waals surface area (Å²) < 4.78 is 1.43. The minimum Gasteiger partial charge on any atom is -0.329 e. The molecule has 1 heterocycles. The average Bonchev–Trinajstić information content (AvgIpc) is 2.59. The molecule has 0 aliphatic heterocycles. The summed E-state index contributed by atoms with van der Waals surface area (Å²) in [5.74, 6) is -0.681. The van der Waals surface area contributed by atoms with Gasteiger partial charge >= 0.3 is 0 Å². The Morgan fingerprint density at radius 1 is 1.60 bits per heavy atom. The lowest BCUT2D eigenvalue weighted by Gasteiger charge is -2.17. The van der Waals surface area contributed by atoms with Gasteiger partial charge in [-0.1, -0.05) is 0 Å². The Labute approximate surface area is 87.7 Å². The van der Waals surface area contributed by atoms with Crippen molar-refractivity contribution in [3.05, 3.63) is 18.0 Å². The maximum atomic E-state index is 11.8. The van der Waals surface area contributed by atoms with Crippen molar-refractivity contribution in [2.75, 3.05) is 13.1 Å². The van der Waals surface area contributed by atoms with Gasteiger partial charge < -0.3 is 5.73 Å². The topological polar surface area (TPSA) is 81.2 Å². The van der Waals surface area contributed by atoms with Crippen molar-refractivity contribution in [1.29, 1.82) is 0 Å². The van der Waals surface area contributed by atoms with E-state index in [1.54, 1.807) is 13.1 Å². The van der Waals surface area contributed by atoms with Crippen LogP contribution in [0.1, 0.15) is 17.4 Å². The second kappa shape index (κ2) is 4.70. The number of aromatic nitrogens is 2. The van der Waals surface area contributed by atoms with Gasteiger partial charge in [0.15, 0.2) is 0 Å². The molecule has 15 heavy (non-hydrogen) atoms. The predicted molar refractivity (Wildman–Crippen MR) is 54.0 cm³/mol. The van der Waals surface area contributed by atoms with Crippen LogP contribution in [0.15, 0.2) is 12.3 Å². The molecule has 0 bridgehead atoms. The second-order valence-electron chi connectivity index (χ2n) is 3.10. The summed E-state index contributed by atoms with van der Waals surface area (Å²) in [6.45, 7) is 1.81. The van der Waals surface area contributed by atoms with Gasteiger partial charge in [-0.3, -0.25) is 19.2 Å². The zero-order valence-corrected chi connectivity index (χ0v) is 8.80. The van der Waals surface area contributed by atoms with E-state index in [1.165, 1.54) is 17.8 Å². The first-order valence-corrected chi connectivity index (χ1v) is 4.58. The number of imide groups is 1. The molecule has 1 aromatic heterocycles. The summed E-state index contributed by atoms with van der Waals surface area (Å²) in [6.07, 6.45) is 1.51. The van der Waals surface area contributed by atoms with Gasteiger partial charge in [0.2, 0.25) is 5.91 Å². The molecule has 0 radical (unpaired) electrons. The van der Waals surface area contributed by atoms with Crippen LogP contribution in [-0.4, -0.2) is 39.6 Å². The molecule has 0 aliphatic rings. The standard InChI is InChI=1S/C9H14N4O2/c1-7(14)13(6-4-10)9(15)8-3-5-11-12(8)2/h3,5H,4,6,10H2,1-2H3. The first-order valence-electron chi connectivity index (χ1n) is 4.58. The number of carbonyl (C=O) groups excluding carboxylic acids is 2. The summed E-state index contributed by atoms with van der Waals surface area (Å²) in [5, 5.41) is 3.87. The van der Waals surface area contributed by atoms with Crippen molar-refractivity contribution >= 4 is 11.8 Å². The Balaban J connectivity index is 2.91. The first kappa shape index (κ1) is 11.4. The van der Waals surface area contributed by atoms with E-state index in [0.717, 1.165) is 4.90 Å². The molecule has 1 aromatic rings. The van der Waals surface area contributed by atoms with Gasteiger partial charge in [-0.15, -0.1) is 0 Å². The minimum atomic E-state index is -0.368. The molecule has 0 saturated carbocycles. The van der Waals surface area contributed by atoms with Gasteiger partial charge in [0.25, 0.3) is 5.91 Å². The fourth-order valence-corrected chi connectivity index (χ4v) is 1.25. The lowest BCUT2D eigenvalue weighted by Crippen LogP contribution is -2.39. The Bertz CT molecular complexity index is 372. The Hall–Kier alpha value is -1.69. The highest BCUT2D eigenvalue weighted by molar-refractivity contribution is 6.03. The van der Waals surface area contributed by atoms with Gasteiger partial charge in [0.05, 0.1) is 0 Å².